The molecule has 0 radical (unpaired) electrons. The molecular weight excluding hydrogens is 564 g/mol. The monoisotopic (exact) mass is 587 g/mol. The highest BCUT2D eigenvalue weighted by molar-refractivity contribution is 14.1. The van der Waals surface area contributed by atoms with Gasteiger partial charge >= 0.3 is 0 Å². The Bertz CT molecular complexity index is 1250. The summed E-state index contributed by atoms with van der Waals surface area (Å²) in [6, 6.07) is 18.4. The van der Waals surface area contributed by atoms with Gasteiger partial charge in [0.2, 0.25) is 5.91 Å². The maximum absolute atomic E-state index is 13.3. The molecule has 35 heavy (non-hydrogen) atoms. The molecule has 1 aliphatic heterocycles. The summed E-state index contributed by atoms with van der Waals surface area (Å²) in [6.45, 7) is 1.87. The molecule has 1 heterocycles. The number of hydrogen-bond acceptors (Lipinski definition) is 4. The Kier molecular flexibility index (Phi) is 7.64. The summed E-state index contributed by atoms with van der Waals surface area (Å²) >= 11 is 1.73. The quantitative estimate of drug-likeness (QED) is 0.300. The number of benzene rings is 3. The summed E-state index contributed by atoms with van der Waals surface area (Å²) in [5.41, 5.74) is 1.84. The number of carbonyl (C=O) groups excluding carboxylic acids is 3. The third-order valence-corrected chi connectivity index (χ3v) is 6.44. The number of nitrogens with one attached hydrogen (secondary N) is 3. The van der Waals surface area contributed by atoms with Crippen LogP contribution < -0.4 is 18.9 Å². The van der Waals surface area contributed by atoms with Gasteiger partial charge in [-0.05, 0) is 42.8 Å². The molecule has 3 aromatic rings. The first-order valence-electron chi connectivity index (χ1n) is 11.0. The van der Waals surface area contributed by atoms with Gasteiger partial charge in [-0.15, -0.1) is 0 Å². The highest BCUT2D eigenvalue weighted by Crippen LogP contribution is 2.33. The molecule has 3 aromatic carbocycles. The van der Waals surface area contributed by atoms with E-state index in [1.54, 1.807) is 72.3 Å². The molecule has 0 aliphatic carbocycles. The van der Waals surface area contributed by atoms with Crippen LogP contribution in [0, 0.1) is 5.82 Å². The van der Waals surface area contributed by atoms with Crippen LogP contribution in [0.5, 0.6) is 5.75 Å². The Hall–Kier alpha value is -3.47. The van der Waals surface area contributed by atoms with Crippen molar-refractivity contribution in [3.63, 3.8) is 0 Å². The van der Waals surface area contributed by atoms with Gasteiger partial charge in [0.05, 0.1) is 52.0 Å². The minimum atomic E-state index is -0.604. The highest BCUT2D eigenvalue weighted by Gasteiger charge is 2.35. The zero-order valence-electron chi connectivity index (χ0n) is 18.8. The van der Waals surface area contributed by atoms with Crippen LogP contribution in [0.2, 0.25) is 0 Å². The molecule has 3 atom stereocenters. The summed E-state index contributed by atoms with van der Waals surface area (Å²) in [5, 5.41) is 5.96. The summed E-state index contributed by atoms with van der Waals surface area (Å²) in [7, 11) is 0. The van der Waals surface area contributed by atoms with E-state index in [1.165, 1.54) is 12.1 Å². The van der Waals surface area contributed by atoms with Crippen molar-refractivity contribution in [2.75, 3.05) is 6.61 Å². The van der Waals surface area contributed by atoms with E-state index < -0.39 is 23.9 Å². The second-order valence-electron chi connectivity index (χ2n) is 8.16. The average molecular weight is 587 g/mol. The van der Waals surface area contributed by atoms with Crippen molar-refractivity contribution >= 4 is 40.6 Å². The van der Waals surface area contributed by atoms with Crippen LogP contribution >= 0.6 is 22.9 Å². The van der Waals surface area contributed by atoms with Gasteiger partial charge in [0, 0.05) is 5.56 Å². The van der Waals surface area contributed by atoms with Gasteiger partial charge in [-0.3, -0.25) is 17.9 Å². The predicted octanol–water partition coefficient (Wildman–Crippen LogP) is 4.06. The lowest BCUT2D eigenvalue weighted by Gasteiger charge is -2.35. The van der Waals surface area contributed by atoms with Gasteiger partial charge in [-0.1, -0.05) is 42.5 Å². The Morgan fingerprint density at radius 2 is 1.54 bits per heavy atom. The van der Waals surface area contributed by atoms with Crippen molar-refractivity contribution in [1.82, 2.24) is 14.2 Å². The van der Waals surface area contributed by atoms with Crippen molar-refractivity contribution in [1.29, 1.82) is 0 Å². The summed E-state index contributed by atoms with van der Waals surface area (Å²) in [6.07, 6.45) is 0. The fourth-order valence-electron chi connectivity index (χ4n) is 4.02. The number of para-hydroxylation sites is 1. The van der Waals surface area contributed by atoms with Gasteiger partial charge in [0.1, 0.15) is 18.2 Å². The van der Waals surface area contributed by atoms with Crippen molar-refractivity contribution in [3.8, 4) is 5.75 Å². The number of halogens is 2. The standard InChI is InChI=1S/C26H23FIN3O4/c1-15(16-10-12-17(27)13-11-16)24(32)29-21-14-35-22-9-5-4-8-20(22)23(21)30-25(33)18-6-2-3-7-19(18)26(34)31-28/h2-13,15,21,23H,14H2,1H3,(H,29,32)(H,30,33)(H,31,34)/t15-,21?,23?/m0/s1. The van der Waals surface area contributed by atoms with Crippen LogP contribution in [-0.2, 0) is 4.79 Å². The first-order valence-corrected chi connectivity index (χ1v) is 12.1. The maximum Gasteiger partial charge on any atom is 0.260 e. The summed E-state index contributed by atoms with van der Waals surface area (Å²) in [4.78, 5) is 38.6. The summed E-state index contributed by atoms with van der Waals surface area (Å²) in [5.74, 6) is -1.44. The van der Waals surface area contributed by atoms with Gasteiger partial charge in [-0.25, -0.2) is 4.39 Å². The summed E-state index contributed by atoms with van der Waals surface area (Å²) < 4.78 is 21.7. The van der Waals surface area contributed by atoms with Gasteiger partial charge < -0.3 is 15.4 Å². The lowest BCUT2D eigenvalue weighted by molar-refractivity contribution is -0.123. The van der Waals surface area contributed by atoms with Gasteiger partial charge in [-0.2, -0.15) is 0 Å². The van der Waals surface area contributed by atoms with Crippen molar-refractivity contribution in [3.05, 3.63) is 101 Å². The van der Waals surface area contributed by atoms with Crippen LogP contribution in [0.25, 0.3) is 0 Å². The fraction of sp³-hybridized carbons (Fsp3) is 0.192. The molecular formula is C26H23FIN3O4. The van der Waals surface area contributed by atoms with E-state index in [2.05, 4.69) is 14.2 Å². The molecule has 1 aliphatic rings. The number of ether oxygens (including phenoxy) is 1. The lowest BCUT2D eigenvalue weighted by atomic mass is 9.94. The molecule has 0 saturated carbocycles. The van der Waals surface area contributed by atoms with E-state index in [-0.39, 0.29) is 35.4 Å². The molecule has 2 unspecified atom stereocenters. The molecule has 0 spiro atoms. The first-order chi connectivity index (χ1) is 16.9. The van der Waals surface area contributed by atoms with Crippen molar-refractivity contribution < 1.29 is 23.5 Å². The average Bonchev–Trinajstić information content (AvgIpc) is 2.89. The third-order valence-electron chi connectivity index (χ3n) is 5.95. The normalized spacial score (nSPS) is 17.3. The third kappa shape index (κ3) is 5.45. The molecule has 3 N–H and O–H groups in total. The minimum Gasteiger partial charge on any atom is -0.491 e. The highest BCUT2D eigenvalue weighted by atomic mass is 127. The van der Waals surface area contributed by atoms with Crippen molar-refractivity contribution in [2.45, 2.75) is 24.9 Å². The molecule has 0 fully saturated rings. The Labute approximate surface area is 215 Å². The SMILES string of the molecule is C[C@H](C(=O)NC1COc2ccccc2C1NC(=O)c1ccccc1C(=O)NI)c1ccc(F)cc1. The fourth-order valence-corrected chi connectivity index (χ4v) is 4.31. The number of hydrogen-bond donors (Lipinski definition) is 3. The van der Waals surface area contributed by atoms with Crippen LogP contribution in [0.1, 0.15) is 50.7 Å². The molecule has 0 saturated heterocycles. The van der Waals surface area contributed by atoms with Gasteiger partial charge in [0.25, 0.3) is 11.8 Å². The zero-order chi connectivity index (χ0) is 24.9. The Morgan fingerprint density at radius 1 is 0.914 bits per heavy atom. The number of amides is 3. The van der Waals surface area contributed by atoms with E-state index in [0.717, 1.165) is 0 Å². The predicted molar refractivity (Wildman–Crippen MR) is 137 cm³/mol. The van der Waals surface area contributed by atoms with E-state index in [9.17, 15) is 18.8 Å². The second kappa shape index (κ2) is 10.9. The number of fused-ring (bicyclic) bond motifs is 1. The molecule has 4 rings (SSSR count). The smallest absolute Gasteiger partial charge is 0.260 e. The van der Waals surface area contributed by atoms with E-state index in [1.807, 2.05) is 18.2 Å². The van der Waals surface area contributed by atoms with Crippen LogP contribution in [-0.4, -0.2) is 30.4 Å². The Morgan fingerprint density at radius 3 is 2.23 bits per heavy atom. The molecule has 7 nitrogen and oxygen atoms in total. The lowest BCUT2D eigenvalue weighted by Crippen LogP contribution is -2.52. The molecule has 180 valence electrons. The topological polar surface area (TPSA) is 96.5 Å². The number of carbonyl (C=O) groups is 3. The largest absolute Gasteiger partial charge is 0.491 e. The molecule has 3 amide bonds. The molecule has 9 heteroatoms. The van der Waals surface area contributed by atoms with Crippen LogP contribution in [0.4, 0.5) is 4.39 Å². The van der Waals surface area contributed by atoms with E-state index in [0.29, 0.717) is 16.9 Å². The second-order valence-corrected chi connectivity index (χ2v) is 8.70. The molecule has 0 aromatic heterocycles. The van der Waals surface area contributed by atoms with Crippen molar-refractivity contribution in [2.24, 2.45) is 0 Å². The zero-order valence-corrected chi connectivity index (χ0v) is 20.9. The van der Waals surface area contributed by atoms with Crippen LogP contribution in [0.15, 0.2) is 72.8 Å². The van der Waals surface area contributed by atoms with Gasteiger partial charge in [0.15, 0.2) is 0 Å². The minimum absolute atomic E-state index is 0.139. The first kappa shape index (κ1) is 24.6. The Balaban J connectivity index is 1.60. The van der Waals surface area contributed by atoms with E-state index in [4.69, 9.17) is 4.74 Å². The maximum atomic E-state index is 13.3. The van der Waals surface area contributed by atoms with Crippen LogP contribution in [0.3, 0.4) is 0 Å². The molecule has 0 bridgehead atoms. The number of rotatable bonds is 6. The van der Waals surface area contributed by atoms with E-state index >= 15 is 0 Å².